The SMILES string of the molecule is CC(C)(CO)CNC(=O)CON=C1CCN(S(=O)(=O)c2cccc(C(F)(F)F)c2)CC1. The first-order valence-corrected chi connectivity index (χ1v) is 11.0. The smallest absolute Gasteiger partial charge is 0.396 e. The van der Waals surface area contributed by atoms with Crippen LogP contribution in [0.15, 0.2) is 34.3 Å². The van der Waals surface area contributed by atoms with Crippen LogP contribution >= 0.6 is 0 Å². The summed E-state index contributed by atoms with van der Waals surface area (Å²) in [5.41, 5.74) is -0.930. The molecule has 1 aliphatic heterocycles. The molecule has 0 unspecified atom stereocenters. The fourth-order valence-electron chi connectivity index (χ4n) is 2.68. The van der Waals surface area contributed by atoms with Gasteiger partial charge in [0.25, 0.3) is 5.91 Å². The predicted molar refractivity (Wildman–Crippen MR) is 107 cm³/mol. The second-order valence-corrected chi connectivity index (χ2v) is 9.90. The lowest BCUT2D eigenvalue weighted by Gasteiger charge is -2.27. The number of aliphatic hydroxyl groups excluding tert-OH is 1. The van der Waals surface area contributed by atoms with E-state index in [0.717, 1.165) is 22.5 Å². The van der Waals surface area contributed by atoms with Crippen molar-refractivity contribution in [2.24, 2.45) is 10.6 Å². The van der Waals surface area contributed by atoms with Gasteiger partial charge in [0.2, 0.25) is 10.0 Å². The van der Waals surface area contributed by atoms with Crippen molar-refractivity contribution in [2.45, 2.75) is 37.8 Å². The summed E-state index contributed by atoms with van der Waals surface area (Å²) in [6, 6.07) is 3.64. The van der Waals surface area contributed by atoms with Crippen molar-refractivity contribution in [2.75, 3.05) is 32.8 Å². The summed E-state index contributed by atoms with van der Waals surface area (Å²) < 4.78 is 65.1. The van der Waals surface area contributed by atoms with E-state index in [1.807, 2.05) is 0 Å². The molecule has 2 N–H and O–H groups in total. The number of benzene rings is 1. The van der Waals surface area contributed by atoms with Gasteiger partial charge in [-0.05, 0) is 18.2 Å². The summed E-state index contributed by atoms with van der Waals surface area (Å²) in [5, 5.41) is 15.6. The van der Waals surface area contributed by atoms with Gasteiger partial charge in [0.05, 0.1) is 16.2 Å². The number of carbonyl (C=O) groups is 1. The van der Waals surface area contributed by atoms with Crippen LogP contribution in [0.2, 0.25) is 0 Å². The normalized spacial score (nSPS) is 16.1. The zero-order valence-corrected chi connectivity index (χ0v) is 18.1. The molecule has 2 rings (SSSR count). The molecule has 0 radical (unpaired) electrons. The fourth-order valence-corrected chi connectivity index (χ4v) is 4.17. The molecule has 8 nitrogen and oxygen atoms in total. The first-order chi connectivity index (χ1) is 14.3. The minimum atomic E-state index is -4.63. The average molecular weight is 465 g/mol. The Morgan fingerprint density at radius 2 is 1.90 bits per heavy atom. The summed E-state index contributed by atoms with van der Waals surface area (Å²) in [5.74, 6) is -0.407. The maximum Gasteiger partial charge on any atom is 0.416 e. The van der Waals surface area contributed by atoms with Crippen LogP contribution in [0.4, 0.5) is 13.2 Å². The third-order valence-electron chi connectivity index (χ3n) is 4.68. The Bertz CT molecular complexity index is 907. The Hall–Kier alpha value is -2.18. The molecule has 0 bridgehead atoms. The van der Waals surface area contributed by atoms with Gasteiger partial charge in [-0.15, -0.1) is 0 Å². The number of aliphatic hydroxyl groups is 1. The largest absolute Gasteiger partial charge is 0.416 e. The summed E-state index contributed by atoms with van der Waals surface area (Å²) >= 11 is 0. The molecule has 0 aromatic heterocycles. The number of amides is 1. The maximum atomic E-state index is 12.9. The Morgan fingerprint density at radius 3 is 2.48 bits per heavy atom. The number of oxime groups is 1. The molecular weight excluding hydrogens is 439 g/mol. The second-order valence-electron chi connectivity index (χ2n) is 7.96. The van der Waals surface area contributed by atoms with E-state index in [-0.39, 0.29) is 45.7 Å². The number of rotatable bonds is 8. The van der Waals surface area contributed by atoms with Gasteiger partial charge in [-0.25, -0.2) is 8.42 Å². The number of nitrogens with zero attached hydrogens (tertiary/aromatic N) is 2. The first-order valence-electron chi connectivity index (χ1n) is 9.58. The summed E-state index contributed by atoms with van der Waals surface area (Å²) in [6.07, 6.45) is -4.17. The number of nitrogens with one attached hydrogen (secondary N) is 1. The predicted octanol–water partition coefficient (Wildman–Crippen LogP) is 2.00. The third kappa shape index (κ3) is 7.18. The van der Waals surface area contributed by atoms with Crippen LogP contribution in [0.1, 0.15) is 32.3 Å². The van der Waals surface area contributed by atoms with Crippen molar-refractivity contribution < 1.29 is 36.3 Å². The lowest BCUT2D eigenvalue weighted by molar-refractivity contribution is -0.137. The van der Waals surface area contributed by atoms with Gasteiger partial charge in [0.15, 0.2) is 6.61 Å². The van der Waals surface area contributed by atoms with E-state index in [0.29, 0.717) is 11.8 Å². The number of hydrogen-bond acceptors (Lipinski definition) is 6. The highest BCUT2D eigenvalue weighted by molar-refractivity contribution is 7.89. The highest BCUT2D eigenvalue weighted by Crippen LogP contribution is 2.31. The Kier molecular flexibility index (Phi) is 8.06. The Morgan fingerprint density at radius 1 is 1.26 bits per heavy atom. The third-order valence-corrected chi connectivity index (χ3v) is 6.57. The van der Waals surface area contributed by atoms with Crippen LogP contribution in [0.25, 0.3) is 0 Å². The minimum Gasteiger partial charge on any atom is -0.396 e. The molecule has 0 aliphatic carbocycles. The van der Waals surface area contributed by atoms with Gasteiger partial charge in [0, 0.05) is 44.5 Å². The molecule has 174 valence electrons. The molecule has 1 heterocycles. The van der Waals surface area contributed by atoms with Crippen molar-refractivity contribution in [3.8, 4) is 0 Å². The van der Waals surface area contributed by atoms with Crippen molar-refractivity contribution in [1.29, 1.82) is 0 Å². The van der Waals surface area contributed by atoms with Crippen LogP contribution in [0.5, 0.6) is 0 Å². The molecule has 31 heavy (non-hydrogen) atoms. The van der Waals surface area contributed by atoms with E-state index < -0.39 is 38.0 Å². The molecule has 1 aromatic rings. The van der Waals surface area contributed by atoms with E-state index in [1.54, 1.807) is 13.8 Å². The van der Waals surface area contributed by atoms with Crippen LogP contribution < -0.4 is 5.32 Å². The minimum absolute atomic E-state index is 0.0393. The van der Waals surface area contributed by atoms with Gasteiger partial charge < -0.3 is 15.3 Å². The highest BCUT2D eigenvalue weighted by Gasteiger charge is 2.33. The van der Waals surface area contributed by atoms with Gasteiger partial charge in [0.1, 0.15) is 0 Å². The van der Waals surface area contributed by atoms with Gasteiger partial charge >= 0.3 is 6.18 Å². The highest BCUT2D eigenvalue weighted by atomic mass is 32.2. The van der Waals surface area contributed by atoms with Crippen molar-refractivity contribution >= 4 is 21.6 Å². The van der Waals surface area contributed by atoms with E-state index in [4.69, 9.17) is 9.94 Å². The molecule has 1 aromatic carbocycles. The summed E-state index contributed by atoms with van der Waals surface area (Å²) in [7, 11) is -4.07. The molecule has 1 aliphatic rings. The zero-order chi connectivity index (χ0) is 23.3. The fraction of sp³-hybridized carbons (Fsp3) is 0.579. The average Bonchev–Trinajstić information content (AvgIpc) is 2.72. The molecule has 0 atom stereocenters. The monoisotopic (exact) mass is 465 g/mol. The molecule has 0 saturated carbocycles. The molecule has 0 spiro atoms. The summed E-state index contributed by atoms with van der Waals surface area (Å²) in [4.78, 5) is 16.3. The van der Waals surface area contributed by atoms with Crippen LogP contribution in [0.3, 0.4) is 0 Å². The molecular formula is C19H26F3N3O5S. The van der Waals surface area contributed by atoms with Crippen LogP contribution in [-0.2, 0) is 25.8 Å². The molecule has 1 fully saturated rings. The molecule has 12 heteroatoms. The van der Waals surface area contributed by atoms with E-state index in [2.05, 4.69) is 10.5 Å². The van der Waals surface area contributed by atoms with Crippen molar-refractivity contribution in [3.05, 3.63) is 29.8 Å². The van der Waals surface area contributed by atoms with Gasteiger partial charge in [-0.2, -0.15) is 17.5 Å². The number of sulfonamides is 1. The topological polar surface area (TPSA) is 108 Å². The number of carbonyl (C=O) groups excluding carboxylic acids is 1. The number of halogens is 3. The van der Waals surface area contributed by atoms with E-state index in [1.165, 1.54) is 0 Å². The van der Waals surface area contributed by atoms with E-state index in [9.17, 15) is 26.4 Å². The van der Waals surface area contributed by atoms with Crippen LogP contribution in [-0.4, -0.2) is 62.3 Å². The second kappa shape index (κ2) is 9.96. The number of alkyl halides is 3. The van der Waals surface area contributed by atoms with Crippen molar-refractivity contribution in [3.63, 3.8) is 0 Å². The quantitative estimate of drug-likeness (QED) is 0.571. The lowest BCUT2D eigenvalue weighted by atomic mass is 9.95. The Labute approximate surface area is 179 Å². The van der Waals surface area contributed by atoms with Crippen LogP contribution in [0, 0.1) is 5.41 Å². The maximum absolute atomic E-state index is 12.9. The van der Waals surface area contributed by atoms with Gasteiger partial charge in [-0.3, -0.25) is 4.79 Å². The first kappa shape index (κ1) is 25.1. The number of piperidine rings is 1. The van der Waals surface area contributed by atoms with E-state index >= 15 is 0 Å². The van der Waals surface area contributed by atoms with Gasteiger partial charge in [-0.1, -0.05) is 25.1 Å². The Balaban J connectivity index is 1.88. The molecule has 1 saturated heterocycles. The molecule has 1 amide bonds. The number of hydrogen-bond donors (Lipinski definition) is 2. The zero-order valence-electron chi connectivity index (χ0n) is 17.3. The standard InChI is InChI=1S/C19H26F3N3O5S/c1-18(2,13-26)12-23-17(27)11-30-24-15-6-8-25(9-7-15)31(28,29)16-5-3-4-14(10-16)19(20,21)22/h3-5,10,26H,6-9,11-13H2,1-2H3,(H,23,27). The lowest BCUT2D eigenvalue weighted by Crippen LogP contribution is -2.39. The van der Waals surface area contributed by atoms with Crippen molar-refractivity contribution in [1.82, 2.24) is 9.62 Å². The summed E-state index contributed by atoms with van der Waals surface area (Å²) in [6.45, 7) is 3.51.